The number of rotatable bonds is 2. The molecular weight excluding hydrogens is 218 g/mol. The average molecular weight is 225 g/mol. The highest BCUT2D eigenvalue weighted by atomic mass is 32.1. The molecule has 2 rings (SSSR count). The summed E-state index contributed by atoms with van der Waals surface area (Å²) in [5.41, 5.74) is 6.06. The number of non-ortho nitro benzene ring substituents is 1. The predicted molar refractivity (Wildman–Crippen MR) is 57.2 cm³/mol. The van der Waals surface area contributed by atoms with Gasteiger partial charge in [-0.2, -0.15) is 0 Å². The van der Waals surface area contributed by atoms with Crippen molar-refractivity contribution in [1.29, 1.82) is 0 Å². The van der Waals surface area contributed by atoms with E-state index in [0.29, 0.717) is 21.1 Å². The fraction of sp³-hybridized carbons (Fsp3) is 0.125. The molecule has 2 N–H and O–H groups in total. The SMILES string of the molecule is COc1cc([N+](=O)[O-])cc2sc(N)nc12. The summed E-state index contributed by atoms with van der Waals surface area (Å²) in [6.45, 7) is 0. The van der Waals surface area contributed by atoms with Crippen LogP contribution in [0.25, 0.3) is 10.2 Å². The molecule has 1 heterocycles. The highest BCUT2D eigenvalue weighted by Gasteiger charge is 2.15. The predicted octanol–water partition coefficient (Wildman–Crippen LogP) is 1.80. The van der Waals surface area contributed by atoms with Crippen molar-refractivity contribution in [2.75, 3.05) is 12.8 Å². The van der Waals surface area contributed by atoms with Gasteiger partial charge in [-0.05, 0) is 0 Å². The zero-order valence-corrected chi connectivity index (χ0v) is 8.58. The normalized spacial score (nSPS) is 10.5. The first-order valence-corrected chi connectivity index (χ1v) is 4.82. The molecule has 7 heteroatoms. The van der Waals surface area contributed by atoms with Crippen molar-refractivity contribution >= 4 is 32.4 Å². The summed E-state index contributed by atoms with van der Waals surface area (Å²) in [6.07, 6.45) is 0. The molecule has 0 spiro atoms. The number of fused-ring (bicyclic) bond motifs is 1. The van der Waals surface area contributed by atoms with Gasteiger partial charge in [0, 0.05) is 6.07 Å². The van der Waals surface area contributed by atoms with E-state index in [0.717, 1.165) is 0 Å². The van der Waals surface area contributed by atoms with Crippen LogP contribution >= 0.6 is 11.3 Å². The molecule has 0 unspecified atom stereocenters. The third-order valence-electron chi connectivity index (χ3n) is 1.89. The van der Waals surface area contributed by atoms with E-state index < -0.39 is 4.92 Å². The van der Waals surface area contributed by atoms with Crippen LogP contribution in [0.3, 0.4) is 0 Å². The Morgan fingerprint density at radius 2 is 2.33 bits per heavy atom. The largest absolute Gasteiger partial charge is 0.494 e. The molecule has 0 radical (unpaired) electrons. The second-order valence-corrected chi connectivity index (χ2v) is 3.87. The van der Waals surface area contributed by atoms with E-state index in [-0.39, 0.29) is 5.69 Å². The molecule has 0 aliphatic heterocycles. The number of aromatic nitrogens is 1. The Balaban J connectivity index is 2.76. The van der Waals surface area contributed by atoms with Gasteiger partial charge in [0.25, 0.3) is 5.69 Å². The molecule has 78 valence electrons. The van der Waals surface area contributed by atoms with Crippen LogP contribution in [0.15, 0.2) is 12.1 Å². The Morgan fingerprint density at radius 1 is 1.60 bits per heavy atom. The molecule has 0 fully saturated rings. The lowest BCUT2D eigenvalue weighted by Gasteiger charge is -1.99. The van der Waals surface area contributed by atoms with Gasteiger partial charge in [-0.15, -0.1) is 0 Å². The van der Waals surface area contributed by atoms with E-state index in [4.69, 9.17) is 10.5 Å². The van der Waals surface area contributed by atoms with Crippen molar-refractivity contribution in [2.45, 2.75) is 0 Å². The summed E-state index contributed by atoms with van der Waals surface area (Å²) in [6, 6.07) is 2.77. The first-order chi connectivity index (χ1) is 7.11. The van der Waals surface area contributed by atoms with Crippen molar-refractivity contribution in [3.8, 4) is 5.75 Å². The van der Waals surface area contributed by atoms with Crippen LogP contribution in [0.4, 0.5) is 10.8 Å². The second-order valence-electron chi connectivity index (χ2n) is 2.80. The van der Waals surface area contributed by atoms with Gasteiger partial charge in [0.15, 0.2) is 10.9 Å². The van der Waals surface area contributed by atoms with Gasteiger partial charge in [-0.3, -0.25) is 10.1 Å². The fourth-order valence-electron chi connectivity index (χ4n) is 1.26. The summed E-state index contributed by atoms with van der Waals surface area (Å²) < 4.78 is 5.67. The third kappa shape index (κ3) is 1.57. The molecule has 0 saturated heterocycles. The zero-order valence-electron chi connectivity index (χ0n) is 7.76. The smallest absolute Gasteiger partial charge is 0.274 e. The van der Waals surface area contributed by atoms with E-state index in [1.807, 2.05) is 0 Å². The van der Waals surface area contributed by atoms with Gasteiger partial charge < -0.3 is 10.5 Å². The van der Waals surface area contributed by atoms with Crippen LogP contribution in [0.1, 0.15) is 0 Å². The van der Waals surface area contributed by atoms with Gasteiger partial charge in [0.05, 0.1) is 22.8 Å². The standard InChI is InChI=1S/C8H7N3O3S/c1-14-5-2-4(11(12)13)3-6-7(5)10-8(9)15-6/h2-3H,1H3,(H2,9,10). The van der Waals surface area contributed by atoms with Crippen LogP contribution in [-0.4, -0.2) is 17.0 Å². The lowest BCUT2D eigenvalue weighted by Crippen LogP contribution is -1.90. The Labute approximate surface area is 88.4 Å². The van der Waals surface area contributed by atoms with E-state index >= 15 is 0 Å². The zero-order chi connectivity index (χ0) is 11.0. The number of nitrogens with two attached hydrogens (primary N) is 1. The number of nitro groups is 1. The van der Waals surface area contributed by atoms with Gasteiger partial charge in [-0.1, -0.05) is 11.3 Å². The van der Waals surface area contributed by atoms with Crippen LogP contribution < -0.4 is 10.5 Å². The molecule has 0 atom stereocenters. The van der Waals surface area contributed by atoms with Crippen molar-refractivity contribution in [2.24, 2.45) is 0 Å². The molecule has 0 aliphatic rings. The Bertz CT molecular complexity index is 537. The summed E-state index contributed by atoms with van der Waals surface area (Å²) in [4.78, 5) is 14.2. The Morgan fingerprint density at radius 3 is 2.93 bits per heavy atom. The van der Waals surface area contributed by atoms with Gasteiger partial charge in [-0.25, -0.2) is 4.98 Å². The average Bonchev–Trinajstić information content (AvgIpc) is 2.56. The monoisotopic (exact) mass is 225 g/mol. The van der Waals surface area contributed by atoms with Crippen LogP contribution in [0.2, 0.25) is 0 Å². The number of thiazole rings is 1. The quantitative estimate of drug-likeness (QED) is 0.621. The van der Waals surface area contributed by atoms with Gasteiger partial charge in [0.2, 0.25) is 0 Å². The summed E-state index contributed by atoms with van der Waals surface area (Å²) in [5, 5.41) is 11.0. The number of nitrogens with zero attached hydrogens (tertiary/aromatic N) is 2. The molecular formula is C8H7N3O3S. The number of methoxy groups -OCH3 is 1. The first-order valence-electron chi connectivity index (χ1n) is 4.00. The van der Waals surface area contributed by atoms with E-state index in [2.05, 4.69) is 4.98 Å². The molecule has 0 saturated carbocycles. The van der Waals surface area contributed by atoms with Gasteiger partial charge >= 0.3 is 0 Å². The molecule has 0 aliphatic carbocycles. The first kappa shape index (κ1) is 9.66. The summed E-state index contributed by atoms with van der Waals surface area (Å²) in [7, 11) is 1.44. The molecule has 0 amide bonds. The summed E-state index contributed by atoms with van der Waals surface area (Å²) >= 11 is 1.20. The van der Waals surface area contributed by atoms with Gasteiger partial charge in [0.1, 0.15) is 5.52 Å². The molecule has 6 nitrogen and oxygen atoms in total. The van der Waals surface area contributed by atoms with E-state index in [9.17, 15) is 10.1 Å². The van der Waals surface area contributed by atoms with E-state index in [1.165, 1.54) is 30.6 Å². The van der Waals surface area contributed by atoms with E-state index in [1.54, 1.807) is 0 Å². The highest BCUT2D eigenvalue weighted by molar-refractivity contribution is 7.22. The number of nitro benzene ring substituents is 1. The topological polar surface area (TPSA) is 91.3 Å². The number of ether oxygens (including phenoxy) is 1. The number of hydrogen-bond donors (Lipinski definition) is 1. The number of nitrogen functional groups attached to an aromatic ring is 1. The third-order valence-corrected chi connectivity index (χ3v) is 2.72. The minimum Gasteiger partial charge on any atom is -0.494 e. The molecule has 1 aromatic heterocycles. The minimum absolute atomic E-state index is 0.0250. The number of anilines is 1. The Kier molecular flexibility index (Phi) is 2.16. The maximum absolute atomic E-state index is 10.6. The molecule has 2 aromatic rings. The molecule has 1 aromatic carbocycles. The fourth-order valence-corrected chi connectivity index (χ4v) is 2.05. The number of benzene rings is 1. The number of hydrogen-bond acceptors (Lipinski definition) is 6. The van der Waals surface area contributed by atoms with Crippen LogP contribution in [0.5, 0.6) is 5.75 Å². The lowest BCUT2D eigenvalue weighted by atomic mass is 10.3. The maximum Gasteiger partial charge on any atom is 0.274 e. The maximum atomic E-state index is 10.6. The van der Waals surface area contributed by atoms with Crippen LogP contribution in [0, 0.1) is 10.1 Å². The Hall–Kier alpha value is -1.89. The molecule has 15 heavy (non-hydrogen) atoms. The van der Waals surface area contributed by atoms with Crippen molar-refractivity contribution in [3.05, 3.63) is 22.2 Å². The minimum atomic E-state index is -0.474. The van der Waals surface area contributed by atoms with Crippen molar-refractivity contribution in [3.63, 3.8) is 0 Å². The highest BCUT2D eigenvalue weighted by Crippen LogP contribution is 2.34. The second kappa shape index (κ2) is 3.35. The van der Waals surface area contributed by atoms with Crippen molar-refractivity contribution < 1.29 is 9.66 Å². The lowest BCUT2D eigenvalue weighted by molar-refractivity contribution is -0.384. The summed E-state index contributed by atoms with van der Waals surface area (Å²) in [5.74, 6) is 0.368. The molecule has 0 bridgehead atoms. The van der Waals surface area contributed by atoms with Crippen LogP contribution in [-0.2, 0) is 0 Å². The van der Waals surface area contributed by atoms with Crippen molar-refractivity contribution in [1.82, 2.24) is 4.98 Å².